The van der Waals surface area contributed by atoms with Crippen molar-refractivity contribution in [3.05, 3.63) is 70.8 Å². The Labute approximate surface area is 117 Å². The quantitative estimate of drug-likeness (QED) is 0.887. The Morgan fingerprint density at radius 1 is 1.05 bits per heavy atom. The summed E-state index contributed by atoms with van der Waals surface area (Å²) in [6.07, 6.45) is 3.70. The molecule has 0 radical (unpaired) electrons. The van der Waals surface area contributed by atoms with E-state index in [9.17, 15) is 8.78 Å². The van der Waals surface area contributed by atoms with Gasteiger partial charge < -0.3 is 5.73 Å². The summed E-state index contributed by atoms with van der Waals surface area (Å²) in [5.41, 5.74) is 8.61. The first-order chi connectivity index (χ1) is 9.65. The lowest BCUT2D eigenvalue weighted by molar-refractivity contribution is 0.419. The molecule has 2 aromatic carbocycles. The average molecular weight is 273 g/mol. The van der Waals surface area contributed by atoms with Crippen molar-refractivity contribution >= 4 is 0 Å². The van der Waals surface area contributed by atoms with Crippen molar-refractivity contribution in [3.8, 4) is 0 Å². The van der Waals surface area contributed by atoms with Crippen molar-refractivity contribution < 1.29 is 8.78 Å². The number of hydrogen-bond donors (Lipinski definition) is 1. The molecule has 0 aromatic heterocycles. The van der Waals surface area contributed by atoms with Crippen LogP contribution in [0.4, 0.5) is 8.78 Å². The molecule has 1 atom stereocenters. The largest absolute Gasteiger partial charge is 0.320 e. The Kier molecular flexibility index (Phi) is 3.53. The Morgan fingerprint density at radius 2 is 1.85 bits per heavy atom. The van der Waals surface area contributed by atoms with E-state index in [1.165, 1.54) is 37.0 Å². The zero-order chi connectivity index (χ0) is 14.1. The number of rotatable bonds is 3. The fourth-order valence-electron chi connectivity index (χ4n) is 2.68. The van der Waals surface area contributed by atoms with E-state index in [1.54, 1.807) is 0 Å². The standard InChI is InChI=1S/C17H17F2N/c18-14-7-8-15(16(19)10-14)17(20)13-6-2-5-12(9-13)11-3-1-4-11/h2,5-11,17H,1,3-4,20H2. The predicted octanol–water partition coefficient (Wildman–Crippen LogP) is 4.28. The minimum atomic E-state index is -0.591. The van der Waals surface area contributed by atoms with Crippen LogP contribution in [-0.4, -0.2) is 0 Å². The molecule has 0 bridgehead atoms. The van der Waals surface area contributed by atoms with Crippen molar-refractivity contribution in [1.29, 1.82) is 0 Å². The Bertz CT molecular complexity index is 620. The highest BCUT2D eigenvalue weighted by molar-refractivity contribution is 5.36. The molecular weight excluding hydrogens is 256 g/mol. The first-order valence-electron chi connectivity index (χ1n) is 6.95. The van der Waals surface area contributed by atoms with E-state index in [0.717, 1.165) is 11.6 Å². The number of benzene rings is 2. The molecule has 0 spiro atoms. The summed E-state index contributed by atoms with van der Waals surface area (Å²) in [6.45, 7) is 0. The van der Waals surface area contributed by atoms with Gasteiger partial charge in [0.25, 0.3) is 0 Å². The maximum absolute atomic E-state index is 13.8. The second-order valence-electron chi connectivity index (χ2n) is 5.44. The molecule has 2 N–H and O–H groups in total. The minimum Gasteiger partial charge on any atom is -0.320 e. The molecule has 2 aromatic rings. The summed E-state index contributed by atoms with van der Waals surface area (Å²) in [4.78, 5) is 0. The smallest absolute Gasteiger partial charge is 0.131 e. The SMILES string of the molecule is NC(c1cccc(C2CCC2)c1)c1ccc(F)cc1F. The van der Waals surface area contributed by atoms with Crippen LogP contribution in [0.2, 0.25) is 0 Å². The van der Waals surface area contributed by atoms with E-state index in [2.05, 4.69) is 12.1 Å². The summed E-state index contributed by atoms with van der Waals surface area (Å²) in [5, 5.41) is 0. The second kappa shape index (κ2) is 5.33. The fourth-order valence-corrected chi connectivity index (χ4v) is 2.68. The molecular formula is C17H17F2N. The van der Waals surface area contributed by atoms with Gasteiger partial charge >= 0.3 is 0 Å². The van der Waals surface area contributed by atoms with Gasteiger partial charge in [-0.25, -0.2) is 8.78 Å². The van der Waals surface area contributed by atoms with Gasteiger partial charge in [0, 0.05) is 11.6 Å². The molecule has 104 valence electrons. The molecule has 0 aliphatic heterocycles. The zero-order valence-electron chi connectivity index (χ0n) is 11.2. The molecule has 20 heavy (non-hydrogen) atoms. The Morgan fingerprint density at radius 3 is 2.50 bits per heavy atom. The highest BCUT2D eigenvalue weighted by atomic mass is 19.1. The van der Waals surface area contributed by atoms with Crippen molar-refractivity contribution in [2.24, 2.45) is 5.73 Å². The van der Waals surface area contributed by atoms with Crippen LogP contribution in [-0.2, 0) is 0 Å². The first-order valence-corrected chi connectivity index (χ1v) is 6.95. The van der Waals surface area contributed by atoms with Gasteiger partial charge in [-0.1, -0.05) is 36.8 Å². The summed E-state index contributed by atoms with van der Waals surface area (Å²) in [6, 6.07) is 11.0. The van der Waals surface area contributed by atoms with Gasteiger partial charge in [0.1, 0.15) is 11.6 Å². The van der Waals surface area contributed by atoms with Gasteiger partial charge in [-0.3, -0.25) is 0 Å². The number of hydrogen-bond acceptors (Lipinski definition) is 1. The van der Waals surface area contributed by atoms with E-state index in [1.807, 2.05) is 12.1 Å². The minimum absolute atomic E-state index is 0.331. The van der Waals surface area contributed by atoms with Crippen molar-refractivity contribution in [3.63, 3.8) is 0 Å². The lowest BCUT2D eigenvalue weighted by Gasteiger charge is -2.26. The van der Waals surface area contributed by atoms with Crippen molar-refractivity contribution in [1.82, 2.24) is 0 Å². The van der Waals surface area contributed by atoms with E-state index >= 15 is 0 Å². The first kappa shape index (κ1) is 13.3. The van der Waals surface area contributed by atoms with Crippen LogP contribution in [0.15, 0.2) is 42.5 Å². The van der Waals surface area contributed by atoms with E-state index < -0.39 is 17.7 Å². The van der Waals surface area contributed by atoms with Crippen LogP contribution in [0.1, 0.15) is 47.9 Å². The highest BCUT2D eigenvalue weighted by Gasteiger charge is 2.21. The molecule has 1 unspecified atom stereocenters. The lowest BCUT2D eigenvalue weighted by atomic mass is 9.79. The van der Waals surface area contributed by atoms with Gasteiger partial charge in [-0.15, -0.1) is 0 Å². The third-order valence-corrected chi connectivity index (χ3v) is 4.14. The van der Waals surface area contributed by atoms with Crippen LogP contribution in [0.5, 0.6) is 0 Å². The highest BCUT2D eigenvalue weighted by Crippen LogP contribution is 2.37. The van der Waals surface area contributed by atoms with Crippen LogP contribution in [0, 0.1) is 11.6 Å². The van der Waals surface area contributed by atoms with Crippen molar-refractivity contribution in [2.75, 3.05) is 0 Å². The topological polar surface area (TPSA) is 26.0 Å². The third-order valence-electron chi connectivity index (χ3n) is 4.14. The summed E-state index contributed by atoms with van der Waals surface area (Å²) < 4.78 is 26.8. The monoisotopic (exact) mass is 273 g/mol. The normalized spacial score (nSPS) is 16.8. The van der Waals surface area contributed by atoms with E-state index in [-0.39, 0.29) is 0 Å². The molecule has 1 saturated carbocycles. The summed E-state index contributed by atoms with van der Waals surface area (Å²) in [5.74, 6) is -0.562. The predicted molar refractivity (Wildman–Crippen MR) is 75.4 cm³/mol. The van der Waals surface area contributed by atoms with Gasteiger partial charge in [-0.05, 0) is 36.0 Å². The summed E-state index contributed by atoms with van der Waals surface area (Å²) >= 11 is 0. The molecule has 0 saturated heterocycles. The molecule has 3 rings (SSSR count). The van der Waals surface area contributed by atoms with Crippen LogP contribution >= 0.6 is 0 Å². The number of halogens is 2. The van der Waals surface area contributed by atoms with Crippen LogP contribution in [0.25, 0.3) is 0 Å². The average Bonchev–Trinajstić information content (AvgIpc) is 2.36. The maximum atomic E-state index is 13.8. The number of nitrogens with two attached hydrogens (primary N) is 1. The molecule has 1 aliphatic rings. The molecule has 1 aliphatic carbocycles. The van der Waals surface area contributed by atoms with Crippen molar-refractivity contribution in [2.45, 2.75) is 31.2 Å². The van der Waals surface area contributed by atoms with Crippen LogP contribution < -0.4 is 5.73 Å². The van der Waals surface area contributed by atoms with Gasteiger partial charge in [-0.2, -0.15) is 0 Å². The maximum Gasteiger partial charge on any atom is 0.131 e. The fraction of sp³-hybridized carbons (Fsp3) is 0.294. The van der Waals surface area contributed by atoms with Gasteiger partial charge in [0.05, 0.1) is 6.04 Å². The van der Waals surface area contributed by atoms with Gasteiger partial charge in [0.15, 0.2) is 0 Å². The van der Waals surface area contributed by atoms with E-state index in [4.69, 9.17) is 5.73 Å². The molecule has 1 nitrogen and oxygen atoms in total. The Balaban J connectivity index is 1.91. The molecule has 0 amide bonds. The lowest BCUT2D eigenvalue weighted by Crippen LogP contribution is -2.15. The summed E-state index contributed by atoms with van der Waals surface area (Å²) in [7, 11) is 0. The third kappa shape index (κ3) is 2.46. The van der Waals surface area contributed by atoms with Gasteiger partial charge in [0.2, 0.25) is 0 Å². The molecule has 0 heterocycles. The van der Waals surface area contributed by atoms with Crippen LogP contribution in [0.3, 0.4) is 0 Å². The zero-order valence-corrected chi connectivity index (χ0v) is 11.2. The molecule has 1 fully saturated rings. The Hall–Kier alpha value is -1.74. The van der Waals surface area contributed by atoms with E-state index in [0.29, 0.717) is 11.5 Å². The second-order valence-corrected chi connectivity index (χ2v) is 5.44. The molecule has 3 heteroatoms.